The SMILES string of the molecule is CCCCC/C=C/CC/C=C/COC(=O)NOC(=O)c1c(C)cc(C)cc1C. The van der Waals surface area contributed by atoms with Crippen molar-refractivity contribution >= 4 is 12.1 Å². The first kappa shape index (κ1) is 23.5. The number of hydroxylamine groups is 1. The quantitative estimate of drug-likeness (QED) is 0.309. The molecule has 0 saturated heterocycles. The lowest BCUT2D eigenvalue weighted by atomic mass is 10.0. The molecule has 0 saturated carbocycles. The fourth-order valence-corrected chi connectivity index (χ4v) is 2.92. The fourth-order valence-electron chi connectivity index (χ4n) is 2.92. The maximum Gasteiger partial charge on any atom is 0.441 e. The molecule has 1 aromatic rings. The Morgan fingerprint density at radius 1 is 0.929 bits per heavy atom. The predicted octanol–water partition coefficient (Wildman–Crippen LogP) is 5.88. The Bertz CT molecular complexity index is 669. The van der Waals surface area contributed by atoms with E-state index < -0.39 is 12.1 Å². The minimum Gasteiger partial charge on any atom is -0.443 e. The smallest absolute Gasteiger partial charge is 0.441 e. The number of hydrogen-bond acceptors (Lipinski definition) is 4. The van der Waals surface area contributed by atoms with Crippen LogP contribution in [0.1, 0.15) is 72.5 Å². The van der Waals surface area contributed by atoms with Crippen LogP contribution in [0.2, 0.25) is 0 Å². The number of carbonyl (C=O) groups is 2. The summed E-state index contributed by atoms with van der Waals surface area (Å²) in [6.45, 7) is 7.96. The fraction of sp³-hybridized carbons (Fsp3) is 0.478. The molecule has 0 spiro atoms. The molecule has 0 heterocycles. The van der Waals surface area contributed by atoms with Crippen LogP contribution in [0.5, 0.6) is 0 Å². The molecule has 5 nitrogen and oxygen atoms in total. The largest absolute Gasteiger partial charge is 0.443 e. The van der Waals surface area contributed by atoms with Gasteiger partial charge in [-0.1, -0.05) is 61.8 Å². The third kappa shape index (κ3) is 9.40. The van der Waals surface area contributed by atoms with Crippen LogP contribution in [0.4, 0.5) is 4.79 Å². The van der Waals surface area contributed by atoms with Crippen LogP contribution in [-0.4, -0.2) is 18.7 Å². The molecule has 0 aliphatic rings. The van der Waals surface area contributed by atoms with Gasteiger partial charge in [0.25, 0.3) is 0 Å². The van der Waals surface area contributed by atoms with Gasteiger partial charge < -0.3 is 9.57 Å². The van der Waals surface area contributed by atoms with Crippen molar-refractivity contribution in [3.63, 3.8) is 0 Å². The first-order chi connectivity index (χ1) is 13.5. The van der Waals surface area contributed by atoms with Gasteiger partial charge in [-0.3, -0.25) is 0 Å². The Balaban J connectivity index is 2.21. The van der Waals surface area contributed by atoms with E-state index in [1.165, 1.54) is 19.3 Å². The molecule has 0 bridgehead atoms. The molecule has 1 rings (SSSR count). The highest BCUT2D eigenvalue weighted by Gasteiger charge is 2.16. The molecule has 0 fully saturated rings. The first-order valence-electron chi connectivity index (χ1n) is 9.97. The van der Waals surface area contributed by atoms with Gasteiger partial charge in [0, 0.05) is 0 Å². The van der Waals surface area contributed by atoms with Gasteiger partial charge >= 0.3 is 12.1 Å². The minimum atomic E-state index is -0.795. The monoisotopic (exact) mass is 387 g/mol. The normalized spacial score (nSPS) is 11.1. The number of rotatable bonds is 10. The van der Waals surface area contributed by atoms with Gasteiger partial charge in [0.1, 0.15) is 6.61 Å². The van der Waals surface area contributed by atoms with Gasteiger partial charge in [0.2, 0.25) is 0 Å². The van der Waals surface area contributed by atoms with E-state index in [2.05, 4.69) is 19.1 Å². The summed E-state index contributed by atoms with van der Waals surface area (Å²) < 4.78 is 4.95. The molecule has 1 amide bonds. The highest BCUT2D eigenvalue weighted by atomic mass is 16.7. The molecule has 0 atom stereocenters. The van der Waals surface area contributed by atoms with E-state index in [9.17, 15) is 9.59 Å². The second-order valence-corrected chi connectivity index (χ2v) is 6.88. The van der Waals surface area contributed by atoms with Crippen LogP contribution < -0.4 is 5.48 Å². The van der Waals surface area contributed by atoms with Crippen LogP contribution in [0, 0.1) is 20.8 Å². The molecule has 1 aromatic carbocycles. The summed E-state index contributed by atoms with van der Waals surface area (Å²) in [6, 6.07) is 3.79. The second kappa shape index (κ2) is 13.6. The molecule has 0 aromatic heterocycles. The van der Waals surface area contributed by atoms with E-state index in [0.29, 0.717) is 5.56 Å². The van der Waals surface area contributed by atoms with E-state index >= 15 is 0 Å². The average Bonchev–Trinajstić information content (AvgIpc) is 2.63. The van der Waals surface area contributed by atoms with E-state index in [-0.39, 0.29) is 6.61 Å². The van der Waals surface area contributed by atoms with E-state index in [4.69, 9.17) is 9.57 Å². The highest BCUT2D eigenvalue weighted by molar-refractivity contribution is 5.93. The Labute approximate surface area is 168 Å². The third-order valence-corrected chi connectivity index (χ3v) is 4.23. The van der Waals surface area contributed by atoms with Crippen LogP contribution in [0.15, 0.2) is 36.4 Å². The molecule has 0 unspecified atom stereocenters. The second-order valence-electron chi connectivity index (χ2n) is 6.88. The third-order valence-electron chi connectivity index (χ3n) is 4.23. The first-order valence-corrected chi connectivity index (χ1v) is 9.97. The van der Waals surface area contributed by atoms with Crippen molar-refractivity contribution in [2.75, 3.05) is 6.61 Å². The van der Waals surface area contributed by atoms with Crippen LogP contribution >= 0.6 is 0 Å². The highest BCUT2D eigenvalue weighted by Crippen LogP contribution is 2.17. The standard InChI is InChI=1S/C23H33NO4/c1-5-6-7-8-9-10-11-12-13-14-15-27-23(26)24-28-22(25)21-19(3)16-18(2)17-20(21)4/h9-10,13-14,16-17H,5-8,11-12,15H2,1-4H3,(H,24,26)/b10-9+,14-13+. The van der Waals surface area contributed by atoms with Crippen molar-refractivity contribution in [1.29, 1.82) is 0 Å². The number of unbranched alkanes of at least 4 members (excludes halogenated alkanes) is 4. The Morgan fingerprint density at radius 2 is 1.54 bits per heavy atom. The molecule has 5 heteroatoms. The molecular formula is C23H33NO4. The lowest BCUT2D eigenvalue weighted by Gasteiger charge is -2.10. The zero-order valence-electron chi connectivity index (χ0n) is 17.5. The Morgan fingerprint density at radius 3 is 2.18 bits per heavy atom. The van der Waals surface area contributed by atoms with E-state index in [0.717, 1.165) is 36.0 Å². The zero-order valence-corrected chi connectivity index (χ0v) is 17.5. The van der Waals surface area contributed by atoms with Crippen LogP contribution in [0.3, 0.4) is 0 Å². The van der Waals surface area contributed by atoms with Crippen LogP contribution in [0.25, 0.3) is 0 Å². The van der Waals surface area contributed by atoms with Crippen molar-refractivity contribution < 1.29 is 19.2 Å². The van der Waals surface area contributed by atoms with Crippen molar-refractivity contribution in [2.45, 2.75) is 66.2 Å². The summed E-state index contributed by atoms with van der Waals surface area (Å²) in [5.41, 5.74) is 5.16. The number of carbonyl (C=O) groups excluding carboxylic acids is 2. The number of allylic oxidation sites excluding steroid dienone is 3. The van der Waals surface area contributed by atoms with Gasteiger partial charge in [-0.2, -0.15) is 0 Å². The molecule has 28 heavy (non-hydrogen) atoms. The Hall–Kier alpha value is -2.56. The molecule has 0 aliphatic carbocycles. The van der Waals surface area contributed by atoms with E-state index in [1.807, 2.05) is 44.5 Å². The minimum absolute atomic E-state index is 0.131. The van der Waals surface area contributed by atoms with E-state index in [1.54, 1.807) is 6.08 Å². The molecule has 154 valence electrons. The average molecular weight is 388 g/mol. The maximum atomic E-state index is 12.1. The van der Waals surface area contributed by atoms with Crippen molar-refractivity contribution in [3.05, 3.63) is 58.7 Å². The number of ether oxygens (including phenoxy) is 1. The number of nitrogens with one attached hydrogen (secondary N) is 1. The van der Waals surface area contributed by atoms with Gasteiger partial charge in [0.15, 0.2) is 0 Å². The summed E-state index contributed by atoms with van der Waals surface area (Å²) >= 11 is 0. The van der Waals surface area contributed by atoms with Gasteiger partial charge in [0.05, 0.1) is 5.56 Å². The number of amides is 1. The van der Waals surface area contributed by atoms with Gasteiger partial charge in [-0.05, 0) is 57.6 Å². The summed E-state index contributed by atoms with van der Waals surface area (Å²) in [4.78, 5) is 28.6. The predicted molar refractivity (Wildman–Crippen MR) is 112 cm³/mol. The zero-order chi connectivity index (χ0) is 20.8. The van der Waals surface area contributed by atoms with Crippen molar-refractivity contribution in [1.82, 2.24) is 5.48 Å². The number of hydrogen-bond donors (Lipinski definition) is 1. The number of aryl methyl sites for hydroxylation is 3. The van der Waals surface area contributed by atoms with Crippen molar-refractivity contribution in [2.24, 2.45) is 0 Å². The molecule has 1 N–H and O–H groups in total. The van der Waals surface area contributed by atoms with Gasteiger partial charge in [-0.15, -0.1) is 5.48 Å². The molecule has 0 aliphatic heterocycles. The Kier molecular flexibility index (Phi) is 11.4. The lowest BCUT2D eigenvalue weighted by Crippen LogP contribution is -2.28. The van der Waals surface area contributed by atoms with Crippen molar-refractivity contribution in [3.8, 4) is 0 Å². The molecular weight excluding hydrogens is 354 g/mol. The molecule has 0 radical (unpaired) electrons. The summed E-state index contributed by atoms with van der Waals surface area (Å²) in [6.07, 6.45) is 14.1. The van der Waals surface area contributed by atoms with Gasteiger partial charge in [-0.25, -0.2) is 9.59 Å². The van der Waals surface area contributed by atoms with Crippen LogP contribution in [-0.2, 0) is 9.57 Å². The topological polar surface area (TPSA) is 64.6 Å². The number of benzene rings is 1. The maximum absolute atomic E-state index is 12.1. The lowest BCUT2D eigenvalue weighted by molar-refractivity contribution is 0.0221. The summed E-state index contributed by atoms with van der Waals surface area (Å²) in [5.74, 6) is -0.604. The summed E-state index contributed by atoms with van der Waals surface area (Å²) in [5, 5.41) is 0. The summed E-state index contributed by atoms with van der Waals surface area (Å²) in [7, 11) is 0.